The van der Waals surface area contributed by atoms with E-state index < -0.39 is 0 Å². The van der Waals surface area contributed by atoms with E-state index in [-0.39, 0.29) is 30.1 Å². The first kappa shape index (κ1) is 14.3. The zero-order chi connectivity index (χ0) is 13.9. The van der Waals surface area contributed by atoms with Crippen molar-refractivity contribution in [2.24, 2.45) is 11.7 Å². The molecule has 3 aliphatic rings. The molecule has 4 atom stereocenters. The first-order valence-corrected chi connectivity index (χ1v) is 8.01. The molecule has 2 heterocycles. The van der Waals surface area contributed by atoms with Gasteiger partial charge in [-0.25, -0.2) is 0 Å². The van der Waals surface area contributed by atoms with Crippen LogP contribution < -0.4 is 5.73 Å². The quantitative estimate of drug-likeness (QED) is 0.817. The van der Waals surface area contributed by atoms with E-state index in [1.165, 1.54) is 0 Å². The molecule has 114 valence electrons. The lowest BCUT2D eigenvalue weighted by Crippen LogP contribution is -2.52. The number of hydrogen-bond acceptors (Lipinski definition) is 4. The highest BCUT2D eigenvalue weighted by Crippen LogP contribution is 2.27. The molecular formula is C15H26N2O3. The van der Waals surface area contributed by atoms with Crippen LogP contribution in [0.5, 0.6) is 0 Å². The Hall–Kier alpha value is -0.650. The minimum Gasteiger partial charge on any atom is -0.375 e. The van der Waals surface area contributed by atoms with Gasteiger partial charge in [0.05, 0.1) is 12.7 Å². The molecule has 0 bridgehead atoms. The standard InChI is InChI=1S/C15H26N2O3/c16-12-4-1-3-11(9-12)15(18)17-6-8-20-14(10-17)13-5-2-7-19-13/h11-14H,1-10,16H2/t11-,12+,13+,14+/m0/s1. The molecule has 0 aromatic heterocycles. The molecular weight excluding hydrogens is 256 g/mol. The predicted octanol–water partition coefficient (Wildman–Crippen LogP) is 0.910. The summed E-state index contributed by atoms with van der Waals surface area (Å²) in [7, 11) is 0. The van der Waals surface area contributed by atoms with Gasteiger partial charge in [-0.15, -0.1) is 0 Å². The van der Waals surface area contributed by atoms with Gasteiger partial charge in [-0.2, -0.15) is 0 Å². The van der Waals surface area contributed by atoms with E-state index in [9.17, 15) is 4.79 Å². The van der Waals surface area contributed by atoms with Crippen LogP contribution in [0.2, 0.25) is 0 Å². The van der Waals surface area contributed by atoms with Crippen LogP contribution in [-0.4, -0.2) is 55.4 Å². The maximum atomic E-state index is 12.6. The number of morpholine rings is 1. The molecule has 20 heavy (non-hydrogen) atoms. The van der Waals surface area contributed by atoms with Gasteiger partial charge < -0.3 is 20.1 Å². The van der Waals surface area contributed by atoms with E-state index in [2.05, 4.69) is 0 Å². The number of carbonyl (C=O) groups excluding carboxylic acids is 1. The second-order valence-electron chi connectivity index (χ2n) is 6.37. The summed E-state index contributed by atoms with van der Waals surface area (Å²) >= 11 is 0. The number of ether oxygens (including phenoxy) is 2. The molecule has 0 unspecified atom stereocenters. The van der Waals surface area contributed by atoms with Gasteiger partial charge in [0, 0.05) is 31.7 Å². The van der Waals surface area contributed by atoms with Gasteiger partial charge in [0.1, 0.15) is 6.10 Å². The van der Waals surface area contributed by atoms with E-state index in [0.29, 0.717) is 19.7 Å². The van der Waals surface area contributed by atoms with Crippen LogP contribution in [0.15, 0.2) is 0 Å². The lowest BCUT2D eigenvalue weighted by atomic mass is 9.85. The van der Waals surface area contributed by atoms with Crippen molar-refractivity contribution in [2.45, 2.75) is 56.8 Å². The van der Waals surface area contributed by atoms with Gasteiger partial charge in [-0.05, 0) is 32.1 Å². The van der Waals surface area contributed by atoms with E-state index >= 15 is 0 Å². The average molecular weight is 282 g/mol. The van der Waals surface area contributed by atoms with E-state index in [1.54, 1.807) is 0 Å². The average Bonchev–Trinajstić information content (AvgIpc) is 3.01. The van der Waals surface area contributed by atoms with Crippen molar-refractivity contribution in [3.63, 3.8) is 0 Å². The molecule has 2 saturated heterocycles. The number of hydrogen-bond donors (Lipinski definition) is 1. The van der Waals surface area contributed by atoms with Crippen molar-refractivity contribution in [3.8, 4) is 0 Å². The molecule has 1 saturated carbocycles. The van der Waals surface area contributed by atoms with Crippen LogP contribution in [0.3, 0.4) is 0 Å². The number of nitrogens with two attached hydrogens (primary N) is 1. The fourth-order valence-corrected chi connectivity index (χ4v) is 3.71. The van der Waals surface area contributed by atoms with Crippen molar-refractivity contribution >= 4 is 5.91 Å². The first-order valence-electron chi connectivity index (χ1n) is 8.01. The van der Waals surface area contributed by atoms with E-state index in [1.807, 2.05) is 4.90 Å². The summed E-state index contributed by atoms with van der Waals surface area (Å²) in [5.41, 5.74) is 6.00. The highest BCUT2D eigenvalue weighted by Gasteiger charge is 2.35. The first-order chi connectivity index (χ1) is 9.74. The highest BCUT2D eigenvalue weighted by atomic mass is 16.5. The Bertz CT molecular complexity index is 344. The highest BCUT2D eigenvalue weighted by molar-refractivity contribution is 5.79. The summed E-state index contributed by atoms with van der Waals surface area (Å²) in [6.45, 7) is 2.87. The summed E-state index contributed by atoms with van der Waals surface area (Å²) < 4.78 is 11.5. The van der Waals surface area contributed by atoms with Gasteiger partial charge in [-0.1, -0.05) is 6.42 Å². The lowest BCUT2D eigenvalue weighted by molar-refractivity contribution is -0.150. The summed E-state index contributed by atoms with van der Waals surface area (Å²) in [6.07, 6.45) is 6.39. The molecule has 1 amide bonds. The Labute approximate surface area is 120 Å². The Morgan fingerprint density at radius 3 is 2.65 bits per heavy atom. The maximum Gasteiger partial charge on any atom is 0.225 e. The zero-order valence-corrected chi connectivity index (χ0v) is 12.1. The zero-order valence-electron chi connectivity index (χ0n) is 12.1. The smallest absolute Gasteiger partial charge is 0.225 e. The Kier molecular flexibility index (Phi) is 4.58. The van der Waals surface area contributed by atoms with Crippen molar-refractivity contribution in [1.82, 2.24) is 4.90 Å². The fraction of sp³-hybridized carbons (Fsp3) is 0.933. The van der Waals surface area contributed by atoms with Crippen molar-refractivity contribution in [2.75, 3.05) is 26.3 Å². The van der Waals surface area contributed by atoms with Crippen molar-refractivity contribution in [1.29, 1.82) is 0 Å². The number of nitrogens with zero attached hydrogens (tertiary/aromatic N) is 1. The van der Waals surface area contributed by atoms with Crippen molar-refractivity contribution < 1.29 is 14.3 Å². The maximum absolute atomic E-state index is 12.6. The third-order valence-corrected chi connectivity index (χ3v) is 4.85. The Balaban J connectivity index is 1.56. The normalized spacial score (nSPS) is 39.0. The minimum atomic E-state index is 0.0625. The van der Waals surface area contributed by atoms with Crippen LogP contribution in [0.4, 0.5) is 0 Å². The molecule has 0 radical (unpaired) electrons. The Morgan fingerprint density at radius 1 is 1.05 bits per heavy atom. The van der Waals surface area contributed by atoms with E-state index in [0.717, 1.165) is 45.1 Å². The van der Waals surface area contributed by atoms with E-state index in [4.69, 9.17) is 15.2 Å². The van der Waals surface area contributed by atoms with Gasteiger partial charge >= 0.3 is 0 Å². The molecule has 5 nitrogen and oxygen atoms in total. The lowest BCUT2D eigenvalue weighted by Gasteiger charge is -2.38. The summed E-state index contributed by atoms with van der Waals surface area (Å²) in [5.74, 6) is 0.411. The molecule has 2 aliphatic heterocycles. The number of carbonyl (C=O) groups is 1. The summed E-state index contributed by atoms with van der Waals surface area (Å²) in [6, 6.07) is 0.202. The third kappa shape index (κ3) is 3.15. The second kappa shape index (κ2) is 6.41. The molecule has 0 spiro atoms. The van der Waals surface area contributed by atoms with Gasteiger partial charge in [0.2, 0.25) is 5.91 Å². The molecule has 3 fully saturated rings. The van der Waals surface area contributed by atoms with Crippen LogP contribution in [0.25, 0.3) is 0 Å². The van der Waals surface area contributed by atoms with Crippen molar-refractivity contribution in [3.05, 3.63) is 0 Å². The fourth-order valence-electron chi connectivity index (χ4n) is 3.71. The minimum absolute atomic E-state index is 0.0625. The molecule has 5 heteroatoms. The van der Waals surface area contributed by atoms with Crippen LogP contribution in [0.1, 0.15) is 38.5 Å². The molecule has 3 rings (SSSR count). The van der Waals surface area contributed by atoms with Gasteiger partial charge in [-0.3, -0.25) is 4.79 Å². The summed E-state index contributed by atoms with van der Waals surface area (Å²) in [5, 5.41) is 0. The number of rotatable bonds is 2. The largest absolute Gasteiger partial charge is 0.375 e. The topological polar surface area (TPSA) is 64.8 Å². The SMILES string of the molecule is N[C@@H]1CCC[C@H](C(=O)N2CCO[C@@H]([C@H]3CCCO3)C2)C1. The summed E-state index contributed by atoms with van der Waals surface area (Å²) in [4.78, 5) is 14.6. The van der Waals surface area contributed by atoms with Crippen LogP contribution >= 0.6 is 0 Å². The third-order valence-electron chi connectivity index (χ3n) is 4.85. The molecule has 1 aliphatic carbocycles. The second-order valence-corrected chi connectivity index (χ2v) is 6.37. The predicted molar refractivity (Wildman–Crippen MR) is 75.2 cm³/mol. The Morgan fingerprint density at radius 2 is 1.90 bits per heavy atom. The molecule has 0 aromatic rings. The van der Waals surface area contributed by atoms with Crippen LogP contribution in [-0.2, 0) is 14.3 Å². The molecule has 2 N–H and O–H groups in total. The monoisotopic (exact) mass is 282 g/mol. The number of amides is 1. The van der Waals surface area contributed by atoms with Crippen LogP contribution in [0, 0.1) is 5.92 Å². The molecule has 0 aromatic carbocycles. The van der Waals surface area contributed by atoms with Gasteiger partial charge in [0.25, 0.3) is 0 Å². The van der Waals surface area contributed by atoms with Gasteiger partial charge in [0.15, 0.2) is 0 Å².